The lowest BCUT2D eigenvalue weighted by Crippen LogP contribution is -2.09. The molecule has 3 aromatic carbocycles. The van der Waals surface area contributed by atoms with Crippen molar-refractivity contribution < 1.29 is 26.1 Å². The van der Waals surface area contributed by atoms with Crippen molar-refractivity contribution in [1.82, 2.24) is 24.7 Å². The van der Waals surface area contributed by atoms with Crippen molar-refractivity contribution in [3.05, 3.63) is 126 Å². The summed E-state index contributed by atoms with van der Waals surface area (Å²) in [5.41, 5.74) is 1.22. The van der Waals surface area contributed by atoms with Crippen LogP contribution in [-0.2, 0) is 11.6 Å². The largest absolute Gasteiger partial charge is 0.457 e. The fraction of sp³-hybridized carbons (Fsp3) is 0.189. The number of aryl methyl sites for hydroxylation is 2. The van der Waals surface area contributed by atoms with Crippen LogP contribution in [0.4, 0.5) is 13.2 Å². The molecule has 0 aliphatic rings. The molecule has 0 fully saturated rings. The molecule has 0 aliphatic heterocycles. The summed E-state index contributed by atoms with van der Waals surface area (Å²) in [5, 5.41) is 4.50. The van der Waals surface area contributed by atoms with Crippen LogP contribution in [0.1, 0.15) is 51.2 Å². The number of ether oxygens (including phenoxy) is 1. The molecule has 9 heteroatoms. The van der Waals surface area contributed by atoms with Gasteiger partial charge < -0.3 is 4.74 Å². The molecule has 232 valence electrons. The number of halogens is 3. The Morgan fingerprint density at radius 2 is 1.41 bits per heavy atom. The van der Waals surface area contributed by atoms with Crippen molar-refractivity contribution >= 4 is 0 Å². The number of aromatic nitrogens is 5. The van der Waals surface area contributed by atoms with Crippen LogP contribution in [0.3, 0.4) is 0 Å². The predicted octanol–water partition coefficient (Wildman–Crippen LogP) is 9.78. The average molecular weight is 626 g/mol. The summed E-state index contributed by atoms with van der Waals surface area (Å²) >= 11 is 0. The molecule has 0 amide bonds. The maximum atomic E-state index is 13.1. The highest BCUT2D eigenvalue weighted by Gasteiger charge is 2.31. The van der Waals surface area contributed by atoms with Gasteiger partial charge in [-0.1, -0.05) is 39.0 Å². The first kappa shape index (κ1) is 24.0. The van der Waals surface area contributed by atoms with Crippen LogP contribution in [0.25, 0.3) is 39.5 Å². The van der Waals surface area contributed by atoms with E-state index in [0.29, 0.717) is 35.2 Å². The lowest BCUT2D eigenvalue weighted by Gasteiger charge is -2.15. The van der Waals surface area contributed by atoms with E-state index in [-0.39, 0.29) is 39.1 Å². The summed E-state index contributed by atoms with van der Waals surface area (Å²) < 4.78 is 97.3. The van der Waals surface area contributed by atoms with Gasteiger partial charge in [-0.2, -0.15) is 18.3 Å². The highest BCUT2D eigenvalue weighted by molar-refractivity contribution is 5.78. The van der Waals surface area contributed by atoms with Gasteiger partial charge in [0.15, 0.2) is 5.82 Å². The quantitative estimate of drug-likeness (QED) is 0.184. The third kappa shape index (κ3) is 6.54. The van der Waals surface area contributed by atoms with Crippen LogP contribution >= 0.6 is 0 Å². The van der Waals surface area contributed by atoms with Crippen LogP contribution in [0.2, 0.25) is 0 Å². The minimum atomic E-state index is -4.69. The number of benzene rings is 3. The molecule has 0 aliphatic carbocycles. The van der Waals surface area contributed by atoms with Gasteiger partial charge in [-0.25, -0.2) is 14.6 Å². The van der Waals surface area contributed by atoms with Crippen LogP contribution in [0.5, 0.6) is 11.5 Å². The first-order chi connectivity index (χ1) is 24.3. The molecule has 0 atom stereocenters. The van der Waals surface area contributed by atoms with E-state index in [1.165, 1.54) is 24.4 Å². The number of hydrogen-bond donors (Lipinski definition) is 0. The van der Waals surface area contributed by atoms with Gasteiger partial charge in [-0.05, 0) is 95.5 Å². The Kier molecular flexibility index (Phi) is 6.20. The normalized spacial score (nSPS) is 14.4. The van der Waals surface area contributed by atoms with Crippen LogP contribution < -0.4 is 4.74 Å². The van der Waals surface area contributed by atoms with Crippen molar-refractivity contribution in [2.45, 2.75) is 46.1 Å². The fourth-order valence-electron chi connectivity index (χ4n) is 4.85. The van der Waals surface area contributed by atoms with Crippen molar-refractivity contribution in [3.8, 4) is 51.0 Å². The molecule has 0 saturated carbocycles. The summed E-state index contributed by atoms with van der Waals surface area (Å²) in [4.78, 5) is 12.0. The first-order valence-corrected chi connectivity index (χ1v) is 14.3. The van der Waals surface area contributed by atoms with Crippen molar-refractivity contribution in [2.75, 3.05) is 0 Å². The number of hydrogen-bond acceptors (Lipinski definition) is 5. The summed E-state index contributed by atoms with van der Waals surface area (Å²) in [7, 11) is 0. The number of nitrogens with zero attached hydrogens (tertiary/aromatic N) is 5. The minimum Gasteiger partial charge on any atom is -0.457 e. The molecule has 6 rings (SSSR count). The van der Waals surface area contributed by atoms with Gasteiger partial charge in [-0.3, -0.25) is 4.98 Å². The van der Waals surface area contributed by atoms with Gasteiger partial charge in [0, 0.05) is 50.2 Å². The van der Waals surface area contributed by atoms with Gasteiger partial charge in [0.25, 0.3) is 0 Å². The molecule has 6 nitrogen and oxygen atoms in total. The molecule has 6 aromatic rings. The van der Waals surface area contributed by atoms with E-state index in [2.05, 4.69) is 40.8 Å². The zero-order chi connectivity index (χ0) is 37.6. The Morgan fingerprint density at radius 3 is 2.07 bits per heavy atom. The summed E-state index contributed by atoms with van der Waals surface area (Å²) in [6.07, 6.45) is 1.68. The molecule has 3 heterocycles. The van der Waals surface area contributed by atoms with E-state index in [1.807, 2.05) is 36.7 Å². The second-order valence-electron chi connectivity index (χ2n) is 11.7. The minimum absolute atomic E-state index is 0.0554. The number of alkyl halides is 3. The zero-order valence-electron chi connectivity index (χ0n) is 31.1. The molecular weight excluding hydrogens is 587 g/mol. The first-order valence-electron chi connectivity index (χ1n) is 17.3. The van der Waals surface area contributed by atoms with E-state index in [0.717, 1.165) is 11.3 Å². The van der Waals surface area contributed by atoms with Crippen molar-refractivity contribution in [3.63, 3.8) is 0 Å². The molecule has 0 spiro atoms. The Hall–Kier alpha value is -5.31. The second-order valence-corrected chi connectivity index (χ2v) is 11.7. The monoisotopic (exact) mass is 625 g/mol. The van der Waals surface area contributed by atoms with E-state index in [4.69, 9.17) is 13.0 Å². The summed E-state index contributed by atoms with van der Waals surface area (Å²) in [5.74, 6) is 0.795. The summed E-state index contributed by atoms with van der Waals surface area (Å²) in [6, 6.07) is 20.0. The smallest absolute Gasteiger partial charge is 0.419 e. The van der Waals surface area contributed by atoms with Crippen LogP contribution in [0.15, 0.2) is 104 Å². The number of pyridine rings is 1. The maximum absolute atomic E-state index is 13.1. The molecule has 0 N–H and O–H groups in total. The Balaban J connectivity index is 1.37. The van der Waals surface area contributed by atoms with Gasteiger partial charge in [-0.15, -0.1) is 0 Å². The van der Waals surface area contributed by atoms with Gasteiger partial charge in [0.05, 0.1) is 23.1 Å². The topological polar surface area (TPSA) is 65.7 Å². The lowest BCUT2D eigenvalue weighted by atomic mass is 9.90. The highest BCUT2D eigenvalue weighted by Crippen LogP contribution is 2.35. The van der Waals surface area contributed by atoms with Crippen LogP contribution in [0, 0.1) is 13.7 Å². The second kappa shape index (κ2) is 11.9. The summed E-state index contributed by atoms with van der Waals surface area (Å²) in [6.45, 7) is 0.688. The molecule has 0 radical (unpaired) electrons. The van der Waals surface area contributed by atoms with Crippen LogP contribution in [-0.4, -0.2) is 24.7 Å². The van der Waals surface area contributed by atoms with E-state index in [1.54, 1.807) is 35.0 Å². The maximum Gasteiger partial charge on any atom is 0.419 e. The van der Waals surface area contributed by atoms with E-state index in [9.17, 15) is 13.2 Å². The number of rotatable bonds is 6. The zero-order valence-corrected chi connectivity index (χ0v) is 25.1. The Morgan fingerprint density at radius 1 is 0.717 bits per heavy atom. The highest BCUT2D eigenvalue weighted by atomic mass is 19.4. The third-order valence-electron chi connectivity index (χ3n) is 7.32. The van der Waals surface area contributed by atoms with Gasteiger partial charge in [0.2, 0.25) is 0 Å². The van der Waals surface area contributed by atoms with Crippen molar-refractivity contribution in [1.29, 1.82) is 0 Å². The Bertz CT molecular complexity index is 2210. The molecule has 46 heavy (non-hydrogen) atoms. The lowest BCUT2D eigenvalue weighted by molar-refractivity contribution is -0.138. The molecule has 0 saturated heterocycles. The molecule has 0 unspecified atom stereocenters. The van der Waals surface area contributed by atoms with Gasteiger partial charge >= 0.3 is 6.18 Å². The SMILES string of the molecule is [2H]C([2H])([2H])c1cc(-c2ncc(C(F)(F)F)cn2)cc(C([2H])([2H])[2H])c1-c1ccnc(-c2cccc(Oc3cccc(-n4cc(C(C)(C)C)cn4)c3)c2)c1. The molecule has 0 bridgehead atoms. The standard InChI is InChI=1S/C37H32F3N5O/c1-23-14-27(35-42-19-28(20-43-35)37(38,39)40)15-24(2)34(23)26-12-13-41-33(17-26)25-8-6-10-31(16-25)46-32-11-7-9-30(18-32)45-22-29(21-44-45)36(3,4)5/h6-22H,1-5H3/i1D3,2D3. The average Bonchev–Trinajstić information content (AvgIpc) is 3.59. The van der Waals surface area contributed by atoms with Crippen molar-refractivity contribution in [2.24, 2.45) is 0 Å². The third-order valence-corrected chi connectivity index (χ3v) is 7.32. The molecule has 3 aromatic heterocycles. The fourth-order valence-corrected chi connectivity index (χ4v) is 4.85. The van der Waals surface area contributed by atoms with E-state index < -0.39 is 25.4 Å². The molecular formula is C37H32F3N5O. The predicted molar refractivity (Wildman–Crippen MR) is 173 cm³/mol. The van der Waals surface area contributed by atoms with E-state index >= 15 is 0 Å². The Labute approximate surface area is 274 Å². The van der Waals surface area contributed by atoms with Gasteiger partial charge in [0.1, 0.15) is 11.5 Å².